The van der Waals surface area contributed by atoms with Crippen molar-refractivity contribution in [2.75, 3.05) is 4.90 Å². The van der Waals surface area contributed by atoms with E-state index in [0.29, 0.717) is 0 Å². The molecule has 10 aromatic carbocycles. The molecule has 0 N–H and O–H groups in total. The average molecular weight is 674 g/mol. The molecule has 0 radical (unpaired) electrons. The Morgan fingerprint density at radius 1 is 0.245 bits per heavy atom. The monoisotopic (exact) mass is 673 g/mol. The van der Waals surface area contributed by atoms with E-state index in [1.165, 1.54) is 76.5 Å². The van der Waals surface area contributed by atoms with Crippen LogP contribution in [-0.4, -0.2) is 0 Å². The first kappa shape index (κ1) is 30.8. The van der Waals surface area contributed by atoms with Crippen LogP contribution in [0.15, 0.2) is 212 Å². The van der Waals surface area contributed by atoms with E-state index in [-0.39, 0.29) is 0 Å². The molecule has 0 amide bonds. The van der Waals surface area contributed by atoms with Gasteiger partial charge in [0, 0.05) is 16.5 Å². The fourth-order valence-electron chi connectivity index (χ4n) is 8.19. The van der Waals surface area contributed by atoms with E-state index in [1.807, 2.05) is 0 Å². The molecular formula is C52H35N. The van der Waals surface area contributed by atoms with Gasteiger partial charge in [-0.25, -0.2) is 0 Å². The molecule has 0 saturated heterocycles. The van der Waals surface area contributed by atoms with Crippen LogP contribution >= 0.6 is 0 Å². The molecule has 1 nitrogen and oxygen atoms in total. The van der Waals surface area contributed by atoms with Crippen molar-refractivity contribution in [2.45, 2.75) is 0 Å². The second-order valence-electron chi connectivity index (χ2n) is 13.7. The van der Waals surface area contributed by atoms with Gasteiger partial charge in [-0.15, -0.1) is 0 Å². The van der Waals surface area contributed by atoms with Crippen molar-refractivity contribution >= 4 is 60.2 Å². The fraction of sp³-hybridized carbons (Fsp3) is 0. The number of hydrogen-bond donors (Lipinski definition) is 0. The third-order valence-electron chi connectivity index (χ3n) is 10.7. The molecule has 0 aromatic heterocycles. The molecule has 0 spiro atoms. The summed E-state index contributed by atoms with van der Waals surface area (Å²) < 4.78 is 0. The summed E-state index contributed by atoms with van der Waals surface area (Å²) in [6, 6.07) is 77.2. The number of fused-ring (bicyclic) bond motifs is 5. The molecular weight excluding hydrogens is 639 g/mol. The molecule has 10 rings (SSSR count). The summed E-state index contributed by atoms with van der Waals surface area (Å²) >= 11 is 0. The molecule has 0 aliphatic heterocycles. The summed E-state index contributed by atoms with van der Waals surface area (Å²) in [7, 11) is 0. The predicted molar refractivity (Wildman–Crippen MR) is 227 cm³/mol. The topological polar surface area (TPSA) is 3.24 Å². The Hall–Kier alpha value is -6.96. The van der Waals surface area contributed by atoms with E-state index in [1.54, 1.807) is 0 Å². The number of rotatable bonds is 6. The van der Waals surface area contributed by atoms with Crippen LogP contribution in [0.25, 0.3) is 76.5 Å². The van der Waals surface area contributed by atoms with Gasteiger partial charge in [-0.3, -0.25) is 0 Å². The van der Waals surface area contributed by atoms with E-state index in [9.17, 15) is 0 Å². The number of nitrogens with zero attached hydrogens (tertiary/aromatic N) is 1. The molecule has 0 unspecified atom stereocenters. The molecule has 0 bridgehead atoms. The highest BCUT2D eigenvalue weighted by atomic mass is 15.1. The van der Waals surface area contributed by atoms with E-state index in [2.05, 4.69) is 217 Å². The van der Waals surface area contributed by atoms with Crippen molar-refractivity contribution in [3.05, 3.63) is 212 Å². The smallest absolute Gasteiger partial charge is 0.0540 e. The highest BCUT2D eigenvalue weighted by molar-refractivity contribution is 6.14. The van der Waals surface area contributed by atoms with Crippen LogP contribution in [0, 0.1) is 0 Å². The molecule has 0 aliphatic carbocycles. The van der Waals surface area contributed by atoms with Gasteiger partial charge in [0.2, 0.25) is 0 Å². The first-order valence-electron chi connectivity index (χ1n) is 18.3. The second kappa shape index (κ2) is 13.0. The zero-order chi connectivity index (χ0) is 35.1. The summed E-state index contributed by atoms with van der Waals surface area (Å²) in [4.78, 5) is 2.45. The minimum atomic E-state index is 1.11. The van der Waals surface area contributed by atoms with Crippen LogP contribution in [-0.2, 0) is 0 Å². The molecule has 0 saturated carbocycles. The van der Waals surface area contributed by atoms with Gasteiger partial charge in [-0.2, -0.15) is 0 Å². The van der Waals surface area contributed by atoms with Crippen molar-refractivity contribution in [1.82, 2.24) is 0 Å². The molecule has 0 heterocycles. The molecule has 10 aromatic rings. The molecule has 53 heavy (non-hydrogen) atoms. The summed E-state index contributed by atoms with van der Waals surface area (Å²) in [5.74, 6) is 0. The molecule has 0 fully saturated rings. The maximum Gasteiger partial charge on any atom is 0.0540 e. The zero-order valence-electron chi connectivity index (χ0n) is 29.2. The summed E-state index contributed by atoms with van der Waals surface area (Å²) in [5, 5.41) is 9.94. The van der Waals surface area contributed by atoms with E-state index >= 15 is 0 Å². The summed E-state index contributed by atoms with van der Waals surface area (Å²) in [6.45, 7) is 0. The summed E-state index contributed by atoms with van der Waals surface area (Å²) in [5.41, 5.74) is 10.7. The number of benzene rings is 10. The fourth-order valence-corrected chi connectivity index (χ4v) is 8.19. The van der Waals surface area contributed by atoms with Crippen LogP contribution < -0.4 is 4.90 Å². The van der Waals surface area contributed by atoms with E-state index in [0.717, 1.165) is 17.1 Å². The third kappa shape index (κ3) is 5.34. The first-order valence-corrected chi connectivity index (χ1v) is 18.3. The van der Waals surface area contributed by atoms with Crippen LogP contribution in [0.3, 0.4) is 0 Å². The van der Waals surface area contributed by atoms with Crippen LogP contribution in [0.1, 0.15) is 0 Å². The van der Waals surface area contributed by atoms with Gasteiger partial charge in [0.1, 0.15) is 0 Å². The normalized spacial score (nSPS) is 11.4. The number of anilines is 3. The average Bonchev–Trinajstić information content (AvgIpc) is 3.24. The van der Waals surface area contributed by atoms with Gasteiger partial charge in [0.15, 0.2) is 0 Å². The van der Waals surface area contributed by atoms with Gasteiger partial charge in [-0.1, -0.05) is 182 Å². The first-order chi connectivity index (χ1) is 26.3. The minimum Gasteiger partial charge on any atom is -0.309 e. The maximum absolute atomic E-state index is 2.45. The molecule has 1 heteroatoms. The van der Waals surface area contributed by atoms with Crippen molar-refractivity contribution in [3.63, 3.8) is 0 Å². The Labute approximate surface area is 309 Å². The zero-order valence-corrected chi connectivity index (χ0v) is 29.2. The van der Waals surface area contributed by atoms with Crippen LogP contribution in [0.2, 0.25) is 0 Å². The Bertz CT molecular complexity index is 2800. The third-order valence-corrected chi connectivity index (χ3v) is 10.7. The largest absolute Gasteiger partial charge is 0.309 e. The highest BCUT2D eigenvalue weighted by Crippen LogP contribution is 2.46. The Morgan fingerprint density at radius 2 is 0.642 bits per heavy atom. The Morgan fingerprint density at radius 3 is 1.17 bits per heavy atom. The van der Waals surface area contributed by atoms with Crippen molar-refractivity contribution in [1.29, 1.82) is 0 Å². The molecule has 0 aliphatic rings. The van der Waals surface area contributed by atoms with Crippen molar-refractivity contribution in [2.24, 2.45) is 0 Å². The van der Waals surface area contributed by atoms with Gasteiger partial charge >= 0.3 is 0 Å². The number of hydrogen-bond acceptors (Lipinski definition) is 1. The molecule has 248 valence electrons. The lowest BCUT2D eigenvalue weighted by Gasteiger charge is -2.29. The van der Waals surface area contributed by atoms with Crippen molar-refractivity contribution < 1.29 is 0 Å². The van der Waals surface area contributed by atoms with Gasteiger partial charge < -0.3 is 4.90 Å². The quantitative estimate of drug-likeness (QED) is 0.159. The lowest BCUT2D eigenvalue weighted by Crippen LogP contribution is -2.11. The minimum absolute atomic E-state index is 1.11. The van der Waals surface area contributed by atoms with Gasteiger partial charge in [-0.05, 0) is 96.0 Å². The van der Waals surface area contributed by atoms with Crippen LogP contribution in [0.5, 0.6) is 0 Å². The van der Waals surface area contributed by atoms with Gasteiger partial charge in [0.05, 0.1) is 11.4 Å². The lowest BCUT2D eigenvalue weighted by atomic mass is 9.93. The van der Waals surface area contributed by atoms with Gasteiger partial charge in [0.25, 0.3) is 0 Å². The van der Waals surface area contributed by atoms with E-state index < -0.39 is 0 Å². The second-order valence-corrected chi connectivity index (χ2v) is 13.7. The predicted octanol–water partition coefficient (Wildman–Crippen LogP) is 14.8. The SMILES string of the molecule is c1ccc(-c2ccc(N(c3ccc(-c4cc5ccccc5c5ccccc45)cc3)c3ccc(-c4ccccc4)c4ccccc34)c3ccccc23)cc1. The maximum atomic E-state index is 2.45. The highest BCUT2D eigenvalue weighted by Gasteiger charge is 2.21. The summed E-state index contributed by atoms with van der Waals surface area (Å²) in [6.07, 6.45) is 0. The Balaban J connectivity index is 1.20. The Kier molecular flexibility index (Phi) is 7.55. The lowest BCUT2D eigenvalue weighted by molar-refractivity contribution is 1.31. The molecule has 0 atom stereocenters. The van der Waals surface area contributed by atoms with Crippen LogP contribution in [0.4, 0.5) is 17.1 Å². The van der Waals surface area contributed by atoms with E-state index in [4.69, 9.17) is 0 Å². The van der Waals surface area contributed by atoms with Crippen molar-refractivity contribution in [3.8, 4) is 33.4 Å². The standard InChI is InChI=1S/C52H35N/c1-3-15-36(16-4-1)42-31-33-51(48-25-13-11-22-45(42)48)53(52-34-32-43(37-17-5-2-6-18-37)46-23-12-14-26-49(46)52)40-29-27-38(28-30-40)50-35-39-19-7-8-20-41(39)44-21-9-10-24-47(44)50/h1-35H.